The monoisotopic (exact) mass is 357 g/mol. The summed E-state index contributed by atoms with van der Waals surface area (Å²) in [6, 6.07) is 8.53. The molecule has 1 atom stereocenters. The normalized spacial score (nSPS) is 18.5. The highest BCUT2D eigenvalue weighted by atomic mass is 35.5. The Morgan fingerprint density at radius 2 is 2.24 bits per heavy atom. The van der Waals surface area contributed by atoms with Crippen molar-refractivity contribution < 1.29 is 9.59 Å². The predicted octanol–water partition coefficient (Wildman–Crippen LogP) is 2.25. The van der Waals surface area contributed by atoms with Crippen LogP contribution in [0.25, 0.3) is 5.69 Å². The molecular weight excluding hydrogens is 342 g/mol. The van der Waals surface area contributed by atoms with Crippen LogP contribution in [-0.2, 0) is 9.59 Å². The van der Waals surface area contributed by atoms with Crippen LogP contribution >= 0.6 is 11.6 Å². The molecule has 0 spiro atoms. The van der Waals surface area contributed by atoms with E-state index in [1.165, 1.54) is 4.68 Å². The minimum absolute atomic E-state index is 0.139. The predicted molar refractivity (Wildman–Crippen MR) is 92.2 cm³/mol. The van der Waals surface area contributed by atoms with Crippen molar-refractivity contribution in [2.45, 2.75) is 25.8 Å². The van der Waals surface area contributed by atoms with Crippen molar-refractivity contribution in [1.82, 2.24) is 15.1 Å². The van der Waals surface area contributed by atoms with Gasteiger partial charge in [-0.2, -0.15) is 10.4 Å². The summed E-state index contributed by atoms with van der Waals surface area (Å²) in [6.07, 6.45) is 1.81. The van der Waals surface area contributed by atoms with Crippen LogP contribution in [-0.4, -0.2) is 27.1 Å². The van der Waals surface area contributed by atoms with E-state index in [9.17, 15) is 9.59 Å². The lowest BCUT2D eigenvalue weighted by Crippen LogP contribution is -2.44. The second kappa shape index (κ2) is 6.22. The van der Waals surface area contributed by atoms with E-state index in [0.717, 1.165) is 0 Å². The number of hydrogen-bond donors (Lipinski definition) is 2. The van der Waals surface area contributed by atoms with Gasteiger partial charge in [-0.15, -0.1) is 0 Å². The molecule has 128 valence electrons. The summed E-state index contributed by atoms with van der Waals surface area (Å²) in [7, 11) is 0. The van der Waals surface area contributed by atoms with Crippen molar-refractivity contribution in [3.63, 3.8) is 0 Å². The Bertz CT molecular complexity index is 897. The molecule has 2 heterocycles. The fourth-order valence-corrected chi connectivity index (χ4v) is 3.13. The van der Waals surface area contributed by atoms with Crippen LogP contribution in [0.5, 0.6) is 0 Å². The van der Waals surface area contributed by atoms with Gasteiger partial charge in [0.25, 0.3) is 0 Å². The third-order valence-corrected chi connectivity index (χ3v) is 4.51. The largest absolute Gasteiger partial charge is 0.350 e. The number of nitrogens with zero attached hydrogens (tertiary/aromatic N) is 3. The molecule has 0 radical (unpaired) electrons. The van der Waals surface area contributed by atoms with Crippen LogP contribution in [0.4, 0.5) is 5.82 Å². The maximum atomic E-state index is 12.5. The van der Waals surface area contributed by atoms with Crippen molar-refractivity contribution >= 4 is 29.2 Å². The van der Waals surface area contributed by atoms with Gasteiger partial charge in [-0.1, -0.05) is 11.6 Å². The van der Waals surface area contributed by atoms with Crippen molar-refractivity contribution in [1.29, 1.82) is 5.26 Å². The molecule has 0 aliphatic carbocycles. The zero-order valence-electron chi connectivity index (χ0n) is 13.7. The molecule has 2 aromatic rings. The van der Waals surface area contributed by atoms with Gasteiger partial charge in [0, 0.05) is 24.2 Å². The van der Waals surface area contributed by atoms with Crippen LogP contribution in [0, 0.1) is 17.2 Å². The SMILES string of the molecule is CC1(C)NC(=O)CC1C(=O)Nc1ccn(-c2ccc(C#N)cc2Cl)n1. The van der Waals surface area contributed by atoms with Gasteiger partial charge in [0.15, 0.2) is 5.82 Å². The lowest BCUT2D eigenvalue weighted by Gasteiger charge is -2.24. The van der Waals surface area contributed by atoms with Crippen molar-refractivity contribution in [3.05, 3.63) is 41.0 Å². The number of benzene rings is 1. The maximum Gasteiger partial charge on any atom is 0.231 e. The molecule has 0 bridgehead atoms. The lowest BCUT2D eigenvalue weighted by atomic mass is 9.88. The fraction of sp³-hybridized carbons (Fsp3) is 0.294. The van der Waals surface area contributed by atoms with Crippen LogP contribution in [0.1, 0.15) is 25.8 Å². The molecule has 1 aliphatic heterocycles. The molecule has 1 aromatic heterocycles. The molecule has 1 unspecified atom stereocenters. The van der Waals surface area contributed by atoms with Gasteiger partial charge in [-0.3, -0.25) is 9.59 Å². The van der Waals surface area contributed by atoms with Gasteiger partial charge in [0.2, 0.25) is 11.8 Å². The van der Waals surface area contributed by atoms with Crippen molar-refractivity contribution in [3.8, 4) is 11.8 Å². The zero-order valence-corrected chi connectivity index (χ0v) is 14.5. The molecule has 1 fully saturated rings. The summed E-state index contributed by atoms with van der Waals surface area (Å²) < 4.78 is 1.52. The summed E-state index contributed by atoms with van der Waals surface area (Å²) in [5.41, 5.74) is 0.453. The Morgan fingerprint density at radius 3 is 2.84 bits per heavy atom. The van der Waals surface area contributed by atoms with E-state index in [0.29, 0.717) is 22.1 Å². The van der Waals surface area contributed by atoms with Gasteiger partial charge >= 0.3 is 0 Å². The molecule has 1 saturated heterocycles. The summed E-state index contributed by atoms with van der Waals surface area (Å²) >= 11 is 6.17. The second-order valence-electron chi connectivity index (χ2n) is 6.44. The van der Waals surface area contributed by atoms with E-state index >= 15 is 0 Å². The highest BCUT2D eigenvalue weighted by Crippen LogP contribution is 2.28. The third-order valence-electron chi connectivity index (χ3n) is 4.20. The van der Waals surface area contributed by atoms with E-state index in [1.807, 2.05) is 19.9 Å². The number of halogens is 1. The van der Waals surface area contributed by atoms with E-state index in [2.05, 4.69) is 15.7 Å². The fourth-order valence-electron chi connectivity index (χ4n) is 2.86. The summed E-state index contributed by atoms with van der Waals surface area (Å²) in [6.45, 7) is 3.63. The van der Waals surface area contributed by atoms with E-state index in [-0.39, 0.29) is 18.2 Å². The average molecular weight is 358 g/mol. The van der Waals surface area contributed by atoms with Gasteiger partial charge in [0.1, 0.15) is 0 Å². The Balaban J connectivity index is 1.77. The Hall–Kier alpha value is -2.85. The summed E-state index contributed by atoms with van der Waals surface area (Å²) in [4.78, 5) is 24.0. The van der Waals surface area contributed by atoms with Gasteiger partial charge in [-0.25, -0.2) is 4.68 Å². The third kappa shape index (κ3) is 3.35. The van der Waals surface area contributed by atoms with E-state index in [4.69, 9.17) is 16.9 Å². The Labute approximate surface area is 149 Å². The molecule has 8 heteroatoms. The molecule has 3 rings (SSSR count). The molecule has 1 aromatic carbocycles. The molecule has 2 amide bonds. The molecule has 1 aliphatic rings. The number of aromatic nitrogens is 2. The van der Waals surface area contributed by atoms with E-state index < -0.39 is 11.5 Å². The van der Waals surface area contributed by atoms with Crippen LogP contribution in [0.15, 0.2) is 30.5 Å². The second-order valence-corrected chi connectivity index (χ2v) is 6.85. The van der Waals surface area contributed by atoms with Gasteiger partial charge in [0.05, 0.1) is 28.3 Å². The number of anilines is 1. The summed E-state index contributed by atoms with van der Waals surface area (Å²) in [5, 5.41) is 19.1. The van der Waals surface area contributed by atoms with Crippen molar-refractivity contribution in [2.24, 2.45) is 5.92 Å². The van der Waals surface area contributed by atoms with Gasteiger partial charge in [-0.05, 0) is 32.0 Å². The number of nitrogens with one attached hydrogen (secondary N) is 2. The number of carbonyl (C=O) groups is 2. The molecule has 0 saturated carbocycles. The first kappa shape index (κ1) is 17.0. The first-order chi connectivity index (χ1) is 11.8. The molecular formula is C17H16ClN5O2. The van der Waals surface area contributed by atoms with Crippen LogP contribution in [0.3, 0.4) is 0 Å². The average Bonchev–Trinajstić information content (AvgIpc) is 3.10. The summed E-state index contributed by atoms with van der Waals surface area (Å²) in [5.74, 6) is -0.510. The molecule has 2 N–H and O–H groups in total. The number of hydrogen-bond acceptors (Lipinski definition) is 4. The lowest BCUT2D eigenvalue weighted by molar-refractivity contribution is -0.123. The molecule has 25 heavy (non-hydrogen) atoms. The number of rotatable bonds is 3. The Morgan fingerprint density at radius 1 is 1.48 bits per heavy atom. The molecule has 7 nitrogen and oxygen atoms in total. The van der Waals surface area contributed by atoms with E-state index in [1.54, 1.807) is 30.5 Å². The minimum Gasteiger partial charge on any atom is -0.350 e. The highest BCUT2D eigenvalue weighted by Gasteiger charge is 2.43. The minimum atomic E-state index is -0.597. The number of carbonyl (C=O) groups excluding carboxylic acids is 2. The highest BCUT2D eigenvalue weighted by molar-refractivity contribution is 6.32. The van der Waals surface area contributed by atoms with Gasteiger partial charge < -0.3 is 10.6 Å². The topological polar surface area (TPSA) is 99.8 Å². The maximum absolute atomic E-state index is 12.5. The quantitative estimate of drug-likeness (QED) is 0.879. The number of amides is 2. The first-order valence-corrected chi connectivity index (χ1v) is 8.05. The first-order valence-electron chi connectivity index (χ1n) is 7.68. The van der Waals surface area contributed by atoms with Crippen LogP contribution in [0.2, 0.25) is 5.02 Å². The Kier molecular flexibility index (Phi) is 4.23. The number of nitriles is 1. The zero-order chi connectivity index (χ0) is 18.2. The standard InChI is InChI=1S/C17H16ClN5O2/c1-17(2)11(8-15(24)21-17)16(25)20-14-5-6-23(22-14)13-4-3-10(9-19)7-12(13)18/h3-7,11H,8H2,1-2H3,(H,21,24)(H,20,22,25). The smallest absolute Gasteiger partial charge is 0.231 e. The van der Waals surface area contributed by atoms with Crippen molar-refractivity contribution in [2.75, 3.05) is 5.32 Å². The van der Waals surface area contributed by atoms with Crippen LogP contribution < -0.4 is 10.6 Å².